The van der Waals surface area contributed by atoms with E-state index >= 15 is 0 Å². The Bertz CT molecular complexity index is 691. The van der Waals surface area contributed by atoms with Crippen LogP contribution in [0.4, 0.5) is 0 Å². The zero-order valence-electron chi connectivity index (χ0n) is 12.4. The fourth-order valence-electron chi connectivity index (χ4n) is 2.03. The quantitative estimate of drug-likeness (QED) is 0.811. The number of ether oxygens (including phenoxy) is 2. The molecule has 0 aliphatic carbocycles. The van der Waals surface area contributed by atoms with Crippen molar-refractivity contribution >= 4 is 11.9 Å². The molecule has 0 N–H and O–H groups in total. The molecule has 1 unspecified atom stereocenters. The Morgan fingerprint density at radius 3 is 2.82 bits per heavy atom. The second-order valence-corrected chi connectivity index (χ2v) is 5.15. The van der Waals surface area contributed by atoms with Crippen molar-refractivity contribution in [1.82, 2.24) is 4.98 Å². The van der Waals surface area contributed by atoms with Gasteiger partial charge in [-0.05, 0) is 26.0 Å². The number of hydrogen-bond donors (Lipinski definition) is 0. The van der Waals surface area contributed by atoms with Gasteiger partial charge in [-0.1, -0.05) is 18.2 Å². The lowest BCUT2D eigenvalue weighted by Crippen LogP contribution is -2.25. The summed E-state index contributed by atoms with van der Waals surface area (Å²) >= 11 is 0. The van der Waals surface area contributed by atoms with E-state index < -0.39 is 12.0 Å². The molecule has 0 radical (unpaired) electrons. The van der Waals surface area contributed by atoms with E-state index in [-0.39, 0.29) is 12.7 Å². The molecule has 1 aromatic carbocycles. The summed E-state index contributed by atoms with van der Waals surface area (Å²) < 4.78 is 16.0. The van der Waals surface area contributed by atoms with E-state index in [1.807, 2.05) is 30.3 Å². The average molecular weight is 300 g/mol. The molecule has 0 amide bonds. The van der Waals surface area contributed by atoms with Crippen LogP contribution >= 0.6 is 0 Å². The Kier molecular flexibility index (Phi) is 3.91. The van der Waals surface area contributed by atoms with Gasteiger partial charge < -0.3 is 13.9 Å². The third-order valence-electron chi connectivity index (χ3n) is 3.02. The summed E-state index contributed by atoms with van der Waals surface area (Å²) in [7, 11) is 0. The van der Waals surface area contributed by atoms with Crippen LogP contribution < -0.4 is 0 Å². The first-order chi connectivity index (χ1) is 10.6. The molecular weight excluding hydrogens is 284 g/mol. The summed E-state index contributed by atoms with van der Waals surface area (Å²) in [6.45, 7) is 3.75. The predicted molar refractivity (Wildman–Crippen MR) is 79.4 cm³/mol. The lowest BCUT2D eigenvalue weighted by Gasteiger charge is -2.09. The topological polar surface area (TPSA) is 73.9 Å². The van der Waals surface area contributed by atoms with Crippen molar-refractivity contribution in [3.05, 3.63) is 42.3 Å². The van der Waals surface area contributed by atoms with E-state index in [4.69, 9.17) is 13.9 Å². The number of hydrogen-bond acceptors (Lipinski definition) is 6. The van der Waals surface area contributed by atoms with E-state index in [1.165, 1.54) is 6.26 Å². The molecule has 0 saturated heterocycles. The molecule has 6 nitrogen and oxygen atoms in total. The van der Waals surface area contributed by atoms with Crippen LogP contribution in [0, 0.1) is 0 Å². The second-order valence-electron chi connectivity index (χ2n) is 5.15. The summed E-state index contributed by atoms with van der Waals surface area (Å²) in [5.74, 6) is 0.392. The Hall–Kier alpha value is -2.63. The van der Waals surface area contributed by atoms with Crippen molar-refractivity contribution in [2.24, 2.45) is 4.99 Å². The standard InChI is InChI=1S/C16H16N2O4/c1-10(2)22-16(19)13-9-21-15(18-13)12-8-20-14(17-12)11-6-4-3-5-7-11/h3-8,10,13H,9H2,1-2H3. The zero-order chi connectivity index (χ0) is 15.5. The van der Waals surface area contributed by atoms with Crippen LogP contribution in [0.3, 0.4) is 0 Å². The van der Waals surface area contributed by atoms with Gasteiger partial charge in [-0.15, -0.1) is 0 Å². The summed E-state index contributed by atoms with van der Waals surface area (Å²) in [4.78, 5) is 20.4. The maximum Gasteiger partial charge on any atom is 0.334 e. The molecule has 0 fully saturated rings. The smallest absolute Gasteiger partial charge is 0.334 e. The first-order valence-corrected chi connectivity index (χ1v) is 7.06. The van der Waals surface area contributed by atoms with E-state index in [2.05, 4.69) is 9.98 Å². The Morgan fingerprint density at radius 2 is 2.09 bits per heavy atom. The van der Waals surface area contributed by atoms with Crippen LogP contribution in [-0.2, 0) is 14.3 Å². The summed E-state index contributed by atoms with van der Waals surface area (Å²) in [5, 5.41) is 0. The number of carbonyl (C=O) groups excluding carboxylic acids is 1. The van der Waals surface area contributed by atoms with Crippen LogP contribution in [0.15, 0.2) is 46.0 Å². The van der Waals surface area contributed by atoms with Gasteiger partial charge in [-0.2, -0.15) is 0 Å². The van der Waals surface area contributed by atoms with Crippen LogP contribution in [0.25, 0.3) is 11.5 Å². The molecule has 6 heteroatoms. The largest absolute Gasteiger partial charge is 0.473 e. The normalized spacial score (nSPS) is 17.2. The van der Waals surface area contributed by atoms with Gasteiger partial charge >= 0.3 is 5.97 Å². The van der Waals surface area contributed by atoms with Crippen LogP contribution in [0.2, 0.25) is 0 Å². The molecular formula is C16H16N2O4. The third-order valence-corrected chi connectivity index (χ3v) is 3.02. The molecule has 2 heterocycles. The average Bonchev–Trinajstić information content (AvgIpc) is 3.17. The first kappa shape index (κ1) is 14.3. The summed E-state index contributed by atoms with van der Waals surface area (Å²) in [6.07, 6.45) is 1.29. The highest BCUT2D eigenvalue weighted by Gasteiger charge is 2.29. The highest BCUT2D eigenvalue weighted by molar-refractivity contribution is 5.96. The minimum absolute atomic E-state index is 0.161. The minimum atomic E-state index is -0.644. The fourth-order valence-corrected chi connectivity index (χ4v) is 2.03. The van der Waals surface area contributed by atoms with Gasteiger partial charge in [-0.3, -0.25) is 0 Å². The molecule has 0 spiro atoms. The molecule has 114 valence electrons. The SMILES string of the molecule is CC(C)OC(=O)C1COC(c2coc(-c3ccccc3)n2)=N1. The molecule has 1 aliphatic heterocycles. The van der Waals surface area contributed by atoms with Crippen molar-refractivity contribution in [2.45, 2.75) is 26.0 Å². The molecule has 2 aromatic rings. The third kappa shape index (κ3) is 3.00. The van der Waals surface area contributed by atoms with Gasteiger partial charge in [0.2, 0.25) is 11.8 Å². The second kappa shape index (κ2) is 6.01. The highest BCUT2D eigenvalue weighted by Crippen LogP contribution is 2.20. The van der Waals surface area contributed by atoms with Crippen LogP contribution in [-0.4, -0.2) is 35.6 Å². The number of aromatic nitrogens is 1. The number of rotatable bonds is 4. The number of oxazole rings is 1. The van der Waals surface area contributed by atoms with Gasteiger partial charge in [-0.25, -0.2) is 14.8 Å². The monoisotopic (exact) mass is 300 g/mol. The first-order valence-electron chi connectivity index (χ1n) is 7.06. The van der Waals surface area contributed by atoms with Gasteiger partial charge in [0.05, 0.1) is 6.10 Å². The van der Waals surface area contributed by atoms with Crippen LogP contribution in [0.1, 0.15) is 19.5 Å². The van der Waals surface area contributed by atoms with Crippen molar-refractivity contribution in [1.29, 1.82) is 0 Å². The van der Waals surface area contributed by atoms with Gasteiger partial charge in [0, 0.05) is 5.56 Å². The summed E-state index contributed by atoms with van der Waals surface area (Å²) in [5.41, 5.74) is 1.34. The molecule has 0 bridgehead atoms. The maximum absolute atomic E-state index is 11.8. The molecule has 1 atom stereocenters. The van der Waals surface area contributed by atoms with E-state index in [0.717, 1.165) is 5.56 Å². The summed E-state index contributed by atoms with van der Waals surface area (Å²) in [6, 6.07) is 8.88. The number of aliphatic imine (C=N–C) groups is 1. The van der Waals surface area contributed by atoms with Gasteiger partial charge in [0.25, 0.3) is 0 Å². The fraction of sp³-hybridized carbons (Fsp3) is 0.312. The molecule has 1 aromatic heterocycles. The van der Waals surface area contributed by atoms with E-state index in [9.17, 15) is 4.79 Å². The minimum Gasteiger partial charge on any atom is -0.473 e. The predicted octanol–water partition coefficient (Wildman–Crippen LogP) is 2.44. The number of benzene rings is 1. The maximum atomic E-state index is 11.8. The number of esters is 1. The van der Waals surface area contributed by atoms with Crippen molar-refractivity contribution in [3.63, 3.8) is 0 Å². The molecule has 1 aliphatic rings. The number of carbonyl (C=O) groups is 1. The lowest BCUT2D eigenvalue weighted by atomic mass is 10.2. The van der Waals surface area contributed by atoms with Crippen LogP contribution in [0.5, 0.6) is 0 Å². The number of nitrogens with zero attached hydrogens (tertiary/aromatic N) is 2. The lowest BCUT2D eigenvalue weighted by molar-refractivity contribution is -0.149. The Balaban J connectivity index is 1.76. The van der Waals surface area contributed by atoms with Crippen molar-refractivity contribution < 1.29 is 18.7 Å². The molecule has 0 saturated carbocycles. The molecule has 22 heavy (non-hydrogen) atoms. The van der Waals surface area contributed by atoms with E-state index in [1.54, 1.807) is 13.8 Å². The highest BCUT2D eigenvalue weighted by atomic mass is 16.6. The van der Waals surface area contributed by atoms with E-state index in [0.29, 0.717) is 17.5 Å². The Morgan fingerprint density at radius 1 is 1.32 bits per heavy atom. The van der Waals surface area contributed by atoms with Gasteiger partial charge in [0.15, 0.2) is 11.7 Å². The van der Waals surface area contributed by atoms with Gasteiger partial charge in [0.1, 0.15) is 12.9 Å². The zero-order valence-corrected chi connectivity index (χ0v) is 12.4. The molecule has 3 rings (SSSR count). The van der Waals surface area contributed by atoms with Crippen molar-refractivity contribution in [3.8, 4) is 11.5 Å². The van der Waals surface area contributed by atoms with Crippen molar-refractivity contribution in [2.75, 3.05) is 6.61 Å². The Labute approximate surface area is 127 Å².